The van der Waals surface area contributed by atoms with Crippen molar-refractivity contribution < 1.29 is 9.60 Å². The van der Waals surface area contributed by atoms with Gasteiger partial charge in [-0.15, -0.1) is 0 Å². The van der Waals surface area contributed by atoms with Crippen LogP contribution in [-0.4, -0.2) is 0 Å². The van der Waals surface area contributed by atoms with Gasteiger partial charge in [-0.05, 0) is 247 Å². The van der Waals surface area contributed by atoms with Crippen molar-refractivity contribution in [1.29, 1.82) is 0 Å². The van der Waals surface area contributed by atoms with E-state index in [2.05, 4.69) is 195 Å². The summed E-state index contributed by atoms with van der Waals surface area (Å²) in [6.07, 6.45) is 22.3. The maximum Gasteiger partial charge on any atom is 0.0629 e. The maximum atomic E-state index is 9.00. The van der Waals surface area contributed by atoms with Gasteiger partial charge in [0.1, 0.15) is 0 Å². The van der Waals surface area contributed by atoms with Crippen LogP contribution in [0.4, 0.5) is 0 Å². The Balaban J connectivity index is 0.000000278. The molecule has 2 unspecified atom stereocenters. The monoisotopic (exact) mass is 1160 g/mol. The fourth-order valence-corrected chi connectivity index (χ4v) is 17.5. The minimum Gasteiger partial charge on any atom is -0.0654 e. The number of rotatable bonds is 8. The van der Waals surface area contributed by atoms with E-state index < -0.39 is 6.37 Å². The summed E-state index contributed by atoms with van der Waals surface area (Å²) >= 11 is 0. The molecule has 482 valence electrons. The van der Waals surface area contributed by atoms with E-state index in [1.165, 1.54) is 85.6 Å². The molecule has 8 fully saturated rings. The zero-order valence-electron chi connectivity index (χ0n) is 68.4. The van der Waals surface area contributed by atoms with Crippen LogP contribution in [0.5, 0.6) is 0 Å². The van der Waals surface area contributed by atoms with Crippen molar-refractivity contribution in [3.8, 4) is 0 Å². The molecule has 0 amide bonds. The molecular formula is C84H146. The molecule has 3 aromatic carbocycles. The normalized spacial score (nSPS) is 28.0. The van der Waals surface area contributed by atoms with E-state index in [0.29, 0.717) is 33.8 Å². The van der Waals surface area contributed by atoms with Crippen LogP contribution in [-0.2, 0) is 16.2 Å². The lowest BCUT2D eigenvalue weighted by Crippen LogP contribution is -2.49. The van der Waals surface area contributed by atoms with Crippen molar-refractivity contribution in [2.45, 2.75) is 333 Å². The molecule has 0 spiro atoms. The molecule has 8 aliphatic carbocycles. The van der Waals surface area contributed by atoms with E-state index in [9.17, 15) is 0 Å². The van der Waals surface area contributed by atoms with E-state index in [0.717, 1.165) is 66.6 Å². The van der Waals surface area contributed by atoms with Crippen LogP contribution < -0.4 is 0 Å². The fraction of sp³-hybridized carbons (Fsp3) is 0.786. The summed E-state index contributed by atoms with van der Waals surface area (Å²) in [6, 6.07) is 15.2. The van der Waals surface area contributed by atoms with Crippen LogP contribution in [0.3, 0.4) is 0 Å². The van der Waals surface area contributed by atoms with Crippen LogP contribution in [0.15, 0.2) is 66.6 Å². The summed E-state index contributed by atoms with van der Waals surface area (Å²) in [7, 11) is 0. The van der Waals surface area contributed by atoms with Crippen molar-refractivity contribution in [2.75, 3.05) is 0 Å². The lowest BCUT2D eigenvalue weighted by Gasteiger charge is -2.58. The first-order valence-electron chi connectivity index (χ1n) is 38.5. The molecule has 0 heteroatoms. The Morgan fingerprint density at radius 3 is 1.20 bits per heavy atom. The van der Waals surface area contributed by atoms with Gasteiger partial charge in [0, 0.05) is 4.11 Å². The largest absolute Gasteiger partial charge is 0.0654 e. The van der Waals surface area contributed by atoms with Crippen molar-refractivity contribution in [3.05, 3.63) is 106 Å². The number of benzene rings is 3. The Labute approximate surface area is 537 Å². The molecule has 0 heterocycles. The predicted octanol–water partition coefficient (Wildman–Crippen LogP) is 26.9. The van der Waals surface area contributed by atoms with E-state index >= 15 is 0 Å². The molecule has 8 saturated carbocycles. The first kappa shape index (κ1) is 64.6. The molecular weight excluding hydrogens is 1010 g/mol. The quantitative estimate of drug-likeness (QED) is 0.211. The summed E-state index contributed by atoms with van der Waals surface area (Å²) < 4.78 is 56.2. The van der Waals surface area contributed by atoms with Crippen LogP contribution in [0, 0.1) is 120 Å². The second kappa shape index (κ2) is 32.4. The molecule has 0 saturated heterocycles. The van der Waals surface area contributed by atoms with E-state index in [1.807, 2.05) is 41.5 Å². The van der Waals surface area contributed by atoms with Crippen LogP contribution in [0.2, 0.25) is 0 Å². The number of hydrogen-bond donors (Lipinski definition) is 0. The summed E-state index contributed by atoms with van der Waals surface area (Å²) in [5.74, 6) is 10.0. The average Bonchev–Trinajstić information content (AvgIpc) is 0.747. The van der Waals surface area contributed by atoms with Gasteiger partial charge in [-0.2, -0.15) is 0 Å². The molecule has 2 atom stereocenters. The Morgan fingerprint density at radius 2 is 0.881 bits per heavy atom. The predicted molar refractivity (Wildman–Crippen MR) is 380 cm³/mol. The van der Waals surface area contributed by atoms with Crippen molar-refractivity contribution in [2.24, 2.45) is 92.7 Å². The van der Waals surface area contributed by atoms with Crippen LogP contribution in [0.1, 0.15) is 337 Å². The average molecular weight is 1160 g/mol. The highest BCUT2D eigenvalue weighted by Crippen LogP contribution is 2.62. The Morgan fingerprint density at radius 1 is 0.464 bits per heavy atom. The van der Waals surface area contributed by atoms with E-state index in [1.54, 1.807) is 39.0 Å². The van der Waals surface area contributed by atoms with Crippen molar-refractivity contribution >= 4 is 0 Å². The van der Waals surface area contributed by atoms with Gasteiger partial charge in [0.25, 0.3) is 0 Å². The summed E-state index contributed by atoms with van der Waals surface area (Å²) in [6.45, 7) is 63.6. The fourth-order valence-electron chi connectivity index (χ4n) is 17.5. The molecule has 0 N–H and O–H groups in total. The standard InChI is InChI=1S/2C14H24.C12H18.2C11H16.2C11H24/c2*1-14(2,3)13-11-5-9-4-10(7-11)8-12(13)6-9;1-9-7-6-8-10(2)11(9)12(3,4)5;1-9-6-5-7-10(8-9)11(2,3)4;1-9-7-5-6-8-10(9)11(2,3)4;2*1-6-8-10(7-2)9-11(3,4)5/h2*9-13H,4-8H2,1-3H3;6-8H,1-5H3;2*5-8H,1-4H3;2*10H,6-9H2,1-5H3/i13D;;;5D,6D,7D,8D;;9D2;. The zero-order valence-corrected chi connectivity index (χ0v) is 61.4. The topological polar surface area (TPSA) is 0 Å². The first-order valence-corrected chi connectivity index (χ1v) is 35.0. The Kier molecular flexibility index (Phi) is 24.9. The van der Waals surface area contributed by atoms with Gasteiger partial charge in [0.15, 0.2) is 0 Å². The Hall–Kier alpha value is -2.34. The Bertz CT molecular complexity index is 2570. The molecule has 3 aromatic rings. The lowest BCUT2D eigenvalue weighted by atomic mass is 9.47. The number of aryl methyl sites for hydroxylation is 3. The third-order valence-electron chi connectivity index (χ3n) is 19.7. The van der Waals surface area contributed by atoms with Gasteiger partial charge < -0.3 is 0 Å². The maximum absolute atomic E-state index is 9.00. The van der Waals surface area contributed by atoms with Gasteiger partial charge in [-0.3, -0.25) is 0 Å². The molecule has 0 aromatic heterocycles. The summed E-state index contributed by atoms with van der Waals surface area (Å²) in [5.41, 5.74) is 9.43. The molecule has 84 heavy (non-hydrogen) atoms. The summed E-state index contributed by atoms with van der Waals surface area (Å²) in [4.78, 5) is 0. The van der Waals surface area contributed by atoms with Gasteiger partial charge in [0.05, 0.1) is 5.48 Å². The van der Waals surface area contributed by atoms with Crippen LogP contribution in [0.25, 0.3) is 0 Å². The highest BCUT2D eigenvalue weighted by atomic mass is 14.6. The zero-order chi connectivity index (χ0) is 70.2. The second-order valence-corrected chi connectivity index (χ2v) is 35.8. The van der Waals surface area contributed by atoms with Gasteiger partial charge in [0.2, 0.25) is 0 Å². The minimum atomic E-state index is -1.04. The third-order valence-corrected chi connectivity index (χ3v) is 19.7. The highest BCUT2D eigenvalue weighted by molar-refractivity contribution is 5.38. The van der Waals surface area contributed by atoms with E-state index in [-0.39, 0.29) is 63.1 Å². The summed E-state index contributed by atoms with van der Waals surface area (Å²) in [5, 5.41) is 0. The molecule has 8 bridgehead atoms. The van der Waals surface area contributed by atoms with Gasteiger partial charge in [-0.25, -0.2) is 0 Å². The number of hydrogen-bond acceptors (Lipinski definition) is 0. The SMILES string of the molecule is CC(C)(C)C1C2CC3CC(C2)CC1C3.CCCC(CC)CC(C)(C)C.Cc1cccc(C)c1C(C)(C)C.Cc1ccccc1C(C)(C)C.[2H]C([2H])(C(CC)CCC)C(C)(C)C.[2H]C1(C(C)(C)C)C2CC3CC(C2)CC1C3.[2H]c1c([2H])c(C)c([2H])c(C(C)(C)C)c1[2H]. The van der Waals surface area contributed by atoms with Crippen LogP contribution >= 0.6 is 0 Å². The van der Waals surface area contributed by atoms with Gasteiger partial charge >= 0.3 is 0 Å². The molecule has 0 aliphatic heterocycles. The van der Waals surface area contributed by atoms with Crippen molar-refractivity contribution in [3.63, 3.8) is 0 Å². The first-order chi connectivity index (χ1) is 41.3. The van der Waals surface area contributed by atoms with Gasteiger partial charge in [-0.1, -0.05) is 284 Å². The molecule has 0 nitrogen and oxygen atoms in total. The molecule has 8 aliphatic rings. The minimum absolute atomic E-state index is 0.00185. The van der Waals surface area contributed by atoms with E-state index in [4.69, 9.17) is 9.60 Å². The van der Waals surface area contributed by atoms with Crippen molar-refractivity contribution in [1.82, 2.24) is 0 Å². The smallest absolute Gasteiger partial charge is 0.0629 e. The molecule has 11 rings (SSSR count). The second-order valence-electron chi connectivity index (χ2n) is 35.8. The third kappa shape index (κ3) is 25.6. The molecule has 0 radical (unpaired) electrons. The lowest BCUT2D eigenvalue weighted by molar-refractivity contribution is -0.0812. The highest BCUT2D eigenvalue weighted by Gasteiger charge is 2.52.